The summed E-state index contributed by atoms with van der Waals surface area (Å²) in [5.41, 5.74) is 6.48. The molecule has 0 aliphatic rings. The molecule has 0 aromatic heterocycles. The van der Waals surface area contributed by atoms with Crippen molar-refractivity contribution in [2.45, 2.75) is 6.92 Å². The van der Waals surface area contributed by atoms with Crippen LogP contribution in [0.15, 0.2) is 78.9 Å². The van der Waals surface area contributed by atoms with E-state index in [-0.39, 0.29) is 11.6 Å². The van der Waals surface area contributed by atoms with Crippen molar-refractivity contribution in [1.82, 2.24) is 0 Å². The average molecular weight is 347 g/mol. The van der Waals surface area contributed by atoms with E-state index in [1.165, 1.54) is 24.1 Å². The normalized spacial score (nSPS) is 10.2. The van der Waals surface area contributed by atoms with Gasteiger partial charge in [0, 0.05) is 19.1 Å². The first-order chi connectivity index (χ1) is 12.5. The molecule has 0 unspecified atom stereocenters. The number of hydrogen-bond donors (Lipinski definition) is 1. The number of para-hydroxylation sites is 1. The summed E-state index contributed by atoms with van der Waals surface area (Å²) in [6.07, 6.45) is 0. The van der Waals surface area contributed by atoms with Crippen molar-refractivity contribution in [3.05, 3.63) is 89.0 Å². The van der Waals surface area contributed by atoms with Crippen LogP contribution in [-0.4, -0.2) is 10.8 Å². The number of carbonyl (C=O) groups is 1. The summed E-state index contributed by atoms with van der Waals surface area (Å²) in [7, 11) is 0. The van der Waals surface area contributed by atoms with Crippen LogP contribution >= 0.6 is 0 Å². The smallest absolute Gasteiger partial charge is 0.269 e. The molecule has 6 nitrogen and oxygen atoms in total. The highest BCUT2D eigenvalue weighted by Gasteiger charge is 2.11. The molecule has 1 amide bonds. The van der Waals surface area contributed by atoms with Gasteiger partial charge in [0.05, 0.1) is 16.3 Å². The van der Waals surface area contributed by atoms with Gasteiger partial charge in [-0.1, -0.05) is 30.3 Å². The second kappa shape index (κ2) is 7.48. The lowest BCUT2D eigenvalue weighted by Gasteiger charge is -2.23. The summed E-state index contributed by atoms with van der Waals surface area (Å²) in [5, 5.41) is 12.2. The van der Waals surface area contributed by atoms with Gasteiger partial charge in [0.15, 0.2) is 0 Å². The van der Waals surface area contributed by atoms with Crippen LogP contribution in [0, 0.1) is 10.1 Å². The zero-order valence-electron chi connectivity index (χ0n) is 14.1. The van der Waals surface area contributed by atoms with Crippen molar-refractivity contribution in [2.75, 3.05) is 10.4 Å². The molecular formula is C20H17N3O3. The fraction of sp³-hybridized carbons (Fsp3) is 0.0500. The predicted molar refractivity (Wildman–Crippen MR) is 102 cm³/mol. The molecule has 0 spiro atoms. The fourth-order valence-electron chi connectivity index (χ4n) is 2.54. The second-order valence-corrected chi connectivity index (χ2v) is 5.68. The number of non-ortho nitro benzene ring substituents is 1. The molecule has 26 heavy (non-hydrogen) atoms. The molecule has 3 aromatic carbocycles. The van der Waals surface area contributed by atoms with Crippen molar-refractivity contribution in [3.8, 4) is 11.1 Å². The van der Waals surface area contributed by atoms with Gasteiger partial charge in [0.25, 0.3) is 5.69 Å². The summed E-state index contributed by atoms with van der Waals surface area (Å²) in [6, 6.07) is 23.2. The number of anilines is 2. The van der Waals surface area contributed by atoms with E-state index in [9.17, 15) is 14.9 Å². The minimum absolute atomic E-state index is 0.0620. The van der Waals surface area contributed by atoms with Gasteiger partial charge >= 0.3 is 0 Å². The van der Waals surface area contributed by atoms with Crippen LogP contribution in [0.4, 0.5) is 17.1 Å². The molecule has 3 aromatic rings. The molecule has 0 aliphatic carbocycles. The molecule has 0 atom stereocenters. The van der Waals surface area contributed by atoms with E-state index in [1.807, 2.05) is 54.6 Å². The number of hydrazine groups is 1. The zero-order valence-corrected chi connectivity index (χ0v) is 14.1. The topological polar surface area (TPSA) is 75.5 Å². The fourth-order valence-corrected chi connectivity index (χ4v) is 2.54. The van der Waals surface area contributed by atoms with E-state index in [2.05, 4.69) is 5.43 Å². The Bertz CT molecular complexity index is 907. The van der Waals surface area contributed by atoms with Gasteiger partial charge in [-0.25, -0.2) is 5.01 Å². The van der Waals surface area contributed by atoms with E-state index in [1.54, 1.807) is 12.1 Å². The monoisotopic (exact) mass is 347 g/mol. The lowest BCUT2D eigenvalue weighted by molar-refractivity contribution is -0.384. The van der Waals surface area contributed by atoms with Gasteiger partial charge in [-0.15, -0.1) is 0 Å². The molecule has 0 radical (unpaired) electrons. The number of hydrogen-bond acceptors (Lipinski definition) is 4. The van der Waals surface area contributed by atoms with Gasteiger partial charge in [0.1, 0.15) is 0 Å². The maximum atomic E-state index is 11.9. The number of benzene rings is 3. The van der Waals surface area contributed by atoms with Crippen molar-refractivity contribution in [3.63, 3.8) is 0 Å². The maximum Gasteiger partial charge on any atom is 0.269 e. The summed E-state index contributed by atoms with van der Waals surface area (Å²) in [6.45, 7) is 1.49. The number of nitrogens with zero attached hydrogens (tertiary/aromatic N) is 2. The lowest BCUT2D eigenvalue weighted by Crippen LogP contribution is -2.34. The van der Waals surface area contributed by atoms with Crippen LogP contribution in [-0.2, 0) is 4.79 Å². The average Bonchev–Trinajstić information content (AvgIpc) is 2.67. The Morgan fingerprint density at radius 1 is 0.885 bits per heavy atom. The lowest BCUT2D eigenvalue weighted by atomic mass is 10.1. The van der Waals surface area contributed by atoms with Crippen LogP contribution in [0.1, 0.15) is 6.92 Å². The minimum atomic E-state index is -0.420. The Morgan fingerprint density at radius 3 is 1.92 bits per heavy atom. The number of nitro groups is 1. The standard InChI is InChI=1S/C20H17N3O3/c1-15(24)22(19-5-3-2-4-6-19)21-18-11-7-16(8-12-18)17-9-13-20(14-10-17)23(25)26/h2-14,21H,1H3. The Labute approximate surface area is 150 Å². The highest BCUT2D eigenvalue weighted by atomic mass is 16.6. The molecule has 0 saturated carbocycles. The molecule has 0 bridgehead atoms. The van der Waals surface area contributed by atoms with E-state index in [4.69, 9.17) is 0 Å². The van der Waals surface area contributed by atoms with Gasteiger partial charge in [-0.05, 0) is 47.5 Å². The zero-order chi connectivity index (χ0) is 18.5. The second-order valence-electron chi connectivity index (χ2n) is 5.68. The third-order valence-electron chi connectivity index (χ3n) is 3.87. The molecule has 0 heterocycles. The van der Waals surface area contributed by atoms with Crippen LogP contribution in [0.25, 0.3) is 11.1 Å². The molecule has 1 N–H and O–H groups in total. The molecule has 0 saturated heterocycles. The third-order valence-corrected chi connectivity index (χ3v) is 3.87. The molecule has 0 fully saturated rings. The SMILES string of the molecule is CC(=O)N(Nc1ccc(-c2ccc([N+](=O)[O-])cc2)cc1)c1ccccc1. The van der Waals surface area contributed by atoms with E-state index in [0.717, 1.165) is 22.5 Å². The van der Waals surface area contributed by atoms with Crippen LogP contribution in [0.3, 0.4) is 0 Å². The van der Waals surface area contributed by atoms with E-state index >= 15 is 0 Å². The first-order valence-corrected chi connectivity index (χ1v) is 8.02. The van der Waals surface area contributed by atoms with Crippen LogP contribution in [0.5, 0.6) is 0 Å². The molecule has 3 rings (SSSR count). The third kappa shape index (κ3) is 3.87. The number of nitrogens with one attached hydrogen (secondary N) is 1. The Morgan fingerprint density at radius 2 is 1.42 bits per heavy atom. The maximum absolute atomic E-state index is 11.9. The van der Waals surface area contributed by atoms with Gasteiger partial charge in [-0.3, -0.25) is 20.3 Å². The molecule has 130 valence electrons. The predicted octanol–water partition coefficient (Wildman–Crippen LogP) is 4.64. The van der Waals surface area contributed by atoms with Crippen LogP contribution in [0.2, 0.25) is 0 Å². The van der Waals surface area contributed by atoms with Crippen molar-refractivity contribution in [1.29, 1.82) is 0 Å². The Hall–Kier alpha value is -3.67. The number of rotatable bonds is 5. The quantitative estimate of drug-likeness (QED) is 0.539. The number of carbonyl (C=O) groups excluding carboxylic acids is 1. The van der Waals surface area contributed by atoms with Gasteiger partial charge < -0.3 is 0 Å². The first kappa shape index (κ1) is 17.2. The van der Waals surface area contributed by atoms with Gasteiger partial charge in [0.2, 0.25) is 5.91 Å². The van der Waals surface area contributed by atoms with Crippen molar-refractivity contribution in [2.24, 2.45) is 0 Å². The Balaban J connectivity index is 1.78. The minimum Gasteiger partial charge on any atom is -0.291 e. The van der Waals surface area contributed by atoms with Crippen molar-refractivity contribution < 1.29 is 9.72 Å². The molecule has 0 aliphatic heterocycles. The Kier molecular flexibility index (Phi) is 4.94. The summed E-state index contributed by atoms with van der Waals surface area (Å²) in [5.74, 6) is -0.129. The van der Waals surface area contributed by atoms with Crippen molar-refractivity contribution >= 4 is 23.0 Å². The number of nitro benzene ring substituents is 1. The van der Waals surface area contributed by atoms with E-state index in [0.29, 0.717) is 0 Å². The first-order valence-electron chi connectivity index (χ1n) is 8.02. The number of amides is 1. The van der Waals surface area contributed by atoms with Gasteiger partial charge in [-0.2, -0.15) is 0 Å². The van der Waals surface area contributed by atoms with E-state index < -0.39 is 4.92 Å². The molecular weight excluding hydrogens is 330 g/mol. The summed E-state index contributed by atoms with van der Waals surface area (Å²) >= 11 is 0. The van der Waals surface area contributed by atoms with Crippen LogP contribution < -0.4 is 10.4 Å². The largest absolute Gasteiger partial charge is 0.291 e. The summed E-state index contributed by atoms with van der Waals surface area (Å²) in [4.78, 5) is 22.2. The highest BCUT2D eigenvalue weighted by Crippen LogP contribution is 2.24. The molecule has 6 heteroatoms. The highest BCUT2D eigenvalue weighted by molar-refractivity contribution is 5.93. The summed E-state index contributed by atoms with van der Waals surface area (Å²) < 4.78 is 0.